The van der Waals surface area contributed by atoms with Gasteiger partial charge in [-0.25, -0.2) is 9.97 Å². The molecule has 1 aromatic carbocycles. The van der Waals surface area contributed by atoms with Crippen molar-refractivity contribution >= 4 is 11.9 Å². The van der Waals surface area contributed by atoms with E-state index in [1.807, 2.05) is 32.0 Å². The maximum absolute atomic E-state index is 12.3. The van der Waals surface area contributed by atoms with Crippen molar-refractivity contribution in [1.82, 2.24) is 15.3 Å². The van der Waals surface area contributed by atoms with Crippen LogP contribution in [0.5, 0.6) is 11.5 Å². The van der Waals surface area contributed by atoms with Gasteiger partial charge < -0.3 is 20.5 Å². The molecule has 0 bridgehead atoms. The van der Waals surface area contributed by atoms with E-state index < -0.39 is 0 Å². The van der Waals surface area contributed by atoms with Crippen LogP contribution >= 0.6 is 0 Å². The Kier molecular flexibility index (Phi) is 5.25. The number of aryl methyl sites for hydroxylation is 2. The third-order valence-corrected chi connectivity index (χ3v) is 4.62. The third kappa shape index (κ3) is 3.87. The maximum atomic E-state index is 12.3. The number of carbonyl (C=O) groups excluding carboxylic acids is 1. The second kappa shape index (κ2) is 7.59. The van der Waals surface area contributed by atoms with Crippen molar-refractivity contribution in [2.24, 2.45) is 5.92 Å². The van der Waals surface area contributed by atoms with Crippen molar-refractivity contribution in [3.63, 3.8) is 0 Å². The van der Waals surface area contributed by atoms with Crippen molar-refractivity contribution in [1.29, 1.82) is 0 Å². The van der Waals surface area contributed by atoms with Gasteiger partial charge in [-0.3, -0.25) is 4.79 Å². The Hall–Kier alpha value is -2.83. The van der Waals surface area contributed by atoms with Crippen LogP contribution in [0, 0.1) is 19.8 Å². The molecule has 26 heavy (non-hydrogen) atoms. The predicted molar refractivity (Wildman–Crippen MR) is 98.3 cm³/mol. The van der Waals surface area contributed by atoms with Crippen molar-refractivity contribution in [2.45, 2.75) is 26.7 Å². The van der Waals surface area contributed by atoms with Crippen molar-refractivity contribution in [3.05, 3.63) is 40.7 Å². The molecule has 1 aliphatic rings. The highest BCUT2D eigenvalue weighted by atomic mass is 16.5. The maximum Gasteiger partial charge on any atom is 0.224 e. The molecule has 1 aromatic heterocycles. The summed E-state index contributed by atoms with van der Waals surface area (Å²) in [5, 5.41) is 2.99. The van der Waals surface area contributed by atoms with Gasteiger partial charge in [0, 0.05) is 29.4 Å². The molecule has 138 valence electrons. The Morgan fingerprint density at radius 3 is 2.77 bits per heavy atom. The number of nitrogens with two attached hydrogens (primary N) is 1. The van der Waals surface area contributed by atoms with E-state index in [1.54, 1.807) is 7.11 Å². The monoisotopic (exact) mass is 356 g/mol. The van der Waals surface area contributed by atoms with Gasteiger partial charge >= 0.3 is 0 Å². The zero-order chi connectivity index (χ0) is 18.7. The normalized spacial score (nSPS) is 15.7. The van der Waals surface area contributed by atoms with Crippen molar-refractivity contribution < 1.29 is 14.3 Å². The number of hydrogen-bond acceptors (Lipinski definition) is 6. The van der Waals surface area contributed by atoms with E-state index in [2.05, 4.69) is 15.3 Å². The summed E-state index contributed by atoms with van der Waals surface area (Å²) in [6.07, 6.45) is 1.09. The van der Waals surface area contributed by atoms with E-state index >= 15 is 0 Å². The van der Waals surface area contributed by atoms with Crippen LogP contribution in [0.4, 0.5) is 5.95 Å². The quantitative estimate of drug-likeness (QED) is 0.844. The molecule has 3 N–H and O–H groups in total. The Labute approximate surface area is 152 Å². The molecule has 7 nitrogen and oxygen atoms in total. The molecular formula is C19H24N4O3. The Balaban J connectivity index is 1.57. The average molecular weight is 356 g/mol. The van der Waals surface area contributed by atoms with E-state index in [-0.39, 0.29) is 24.2 Å². The topological polar surface area (TPSA) is 99.4 Å². The molecule has 1 amide bonds. The van der Waals surface area contributed by atoms with Gasteiger partial charge in [0.1, 0.15) is 0 Å². The first-order valence-corrected chi connectivity index (χ1v) is 8.63. The lowest BCUT2D eigenvalue weighted by Crippen LogP contribution is -2.35. The van der Waals surface area contributed by atoms with Crippen molar-refractivity contribution in [3.8, 4) is 11.5 Å². The third-order valence-electron chi connectivity index (χ3n) is 4.62. The Bertz CT molecular complexity index is 799. The Morgan fingerprint density at radius 1 is 1.35 bits per heavy atom. The predicted octanol–water partition coefficient (Wildman–Crippen LogP) is 1.59. The molecule has 1 atom stereocenters. The van der Waals surface area contributed by atoms with E-state index in [0.29, 0.717) is 13.2 Å². The van der Waals surface area contributed by atoms with Crippen LogP contribution in [0.2, 0.25) is 0 Å². The van der Waals surface area contributed by atoms with Gasteiger partial charge in [0.2, 0.25) is 11.9 Å². The highest BCUT2D eigenvalue weighted by molar-refractivity contribution is 5.79. The molecule has 3 rings (SSSR count). The molecule has 2 heterocycles. The van der Waals surface area contributed by atoms with Gasteiger partial charge in [0.05, 0.1) is 20.1 Å². The summed E-state index contributed by atoms with van der Waals surface area (Å²) < 4.78 is 11.2. The lowest BCUT2D eigenvalue weighted by Gasteiger charge is -2.26. The van der Waals surface area contributed by atoms with Gasteiger partial charge in [-0.1, -0.05) is 12.1 Å². The summed E-state index contributed by atoms with van der Waals surface area (Å²) in [5.74, 6) is 1.96. The summed E-state index contributed by atoms with van der Waals surface area (Å²) in [5.41, 5.74) is 9.05. The fraction of sp³-hybridized carbons (Fsp3) is 0.421. The summed E-state index contributed by atoms with van der Waals surface area (Å²) in [6, 6.07) is 5.87. The van der Waals surface area contributed by atoms with Crippen LogP contribution in [-0.2, 0) is 17.6 Å². The fourth-order valence-electron chi connectivity index (χ4n) is 3.25. The summed E-state index contributed by atoms with van der Waals surface area (Å²) in [6.45, 7) is 4.79. The molecule has 7 heteroatoms. The van der Waals surface area contributed by atoms with Crippen LogP contribution in [0.15, 0.2) is 18.2 Å². The number of nitrogens with zero attached hydrogens (tertiary/aromatic N) is 2. The van der Waals surface area contributed by atoms with Gasteiger partial charge in [0.15, 0.2) is 11.5 Å². The number of fused-ring (bicyclic) bond motifs is 1. The number of benzene rings is 1. The van der Waals surface area contributed by atoms with Crippen LogP contribution in [0.3, 0.4) is 0 Å². The zero-order valence-corrected chi connectivity index (χ0v) is 15.3. The minimum atomic E-state index is -0.0546. The SMILES string of the molecule is COc1cccc2c1OCC(CNC(=O)Cc1c(C)nc(N)nc1C)C2. The summed E-state index contributed by atoms with van der Waals surface area (Å²) in [4.78, 5) is 20.6. The lowest BCUT2D eigenvalue weighted by molar-refractivity contribution is -0.120. The molecule has 0 saturated carbocycles. The second-order valence-corrected chi connectivity index (χ2v) is 6.54. The van der Waals surface area contributed by atoms with Gasteiger partial charge in [-0.15, -0.1) is 0 Å². The van der Waals surface area contributed by atoms with Gasteiger partial charge in [-0.05, 0) is 31.9 Å². The number of methoxy groups -OCH3 is 1. The number of carbonyl (C=O) groups is 1. The number of nitrogens with one attached hydrogen (secondary N) is 1. The first-order valence-electron chi connectivity index (χ1n) is 8.63. The number of anilines is 1. The molecular weight excluding hydrogens is 332 g/mol. The van der Waals surface area contributed by atoms with Crippen molar-refractivity contribution in [2.75, 3.05) is 26.0 Å². The second-order valence-electron chi connectivity index (χ2n) is 6.54. The molecule has 1 unspecified atom stereocenters. The highest BCUT2D eigenvalue weighted by Crippen LogP contribution is 2.35. The number of amides is 1. The van der Waals surface area contributed by atoms with Crippen LogP contribution in [0.25, 0.3) is 0 Å². The van der Waals surface area contributed by atoms with Gasteiger partial charge in [0.25, 0.3) is 0 Å². The molecule has 0 fully saturated rings. The van der Waals surface area contributed by atoms with E-state index in [0.717, 1.165) is 40.4 Å². The van der Waals surface area contributed by atoms with E-state index in [1.165, 1.54) is 0 Å². The highest BCUT2D eigenvalue weighted by Gasteiger charge is 2.23. The van der Waals surface area contributed by atoms with Gasteiger partial charge in [-0.2, -0.15) is 0 Å². The smallest absolute Gasteiger partial charge is 0.224 e. The largest absolute Gasteiger partial charge is 0.493 e. The molecule has 0 radical (unpaired) electrons. The number of aromatic nitrogens is 2. The number of rotatable bonds is 5. The number of hydrogen-bond donors (Lipinski definition) is 2. The van der Waals surface area contributed by atoms with Crippen LogP contribution in [0.1, 0.15) is 22.5 Å². The molecule has 0 spiro atoms. The molecule has 0 saturated heterocycles. The first kappa shape index (κ1) is 18.0. The van der Waals surface area contributed by atoms with Crippen LogP contribution in [-0.4, -0.2) is 36.1 Å². The van der Waals surface area contributed by atoms with E-state index in [9.17, 15) is 4.79 Å². The summed E-state index contributed by atoms with van der Waals surface area (Å²) in [7, 11) is 1.64. The number of nitrogen functional groups attached to an aromatic ring is 1. The average Bonchev–Trinajstić information content (AvgIpc) is 2.62. The first-order chi connectivity index (χ1) is 12.5. The minimum absolute atomic E-state index is 0.0546. The van der Waals surface area contributed by atoms with E-state index in [4.69, 9.17) is 15.2 Å². The lowest BCUT2D eigenvalue weighted by atomic mass is 9.96. The fourth-order valence-corrected chi connectivity index (χ4v) is 3.25. The number of ether oxygens (including phenoxy) is 2. The van der Waals surface area contributed by atoms with Crippen LogP contribution < -0.4 is 20.5 Å². The molecule has 0 aliphatic carbocycles. The Morgan fingerprint density at radius 2 is 2.08 bits per heavy atom. The summed E-state index contributed by atoms with van der Waals surface area (Å²) >= 11 is 0. The number of para-hydroxylation sites is 1. The molecule has 1 aliphatic heterocycles. The molecule has 2 aromatic rings. The minimum Gasteiger partial charge on any atom is -0.493 e. The zero-order valence-electron chi connectivity index (χ0n) is 15.3. The standard InChI is InChI=1S/C19H24N4O3/c1-11-15(12(2)23-19(20)22-11)8-17(24)21-9-13-7-14-5-4-6-16(25-3)18(14)26-10-13/h4-6,13H,7-10H2,1-3H3,(H,21,24)(H2,20,22,23).